The Kier molecular flexibility index (Phi) is 2.39. The first-order valence-corrected chi connectivity index (χ1v) is 7.73. The van der Waals surface area contributed by atoms with Crippen molar-refractivity contribution in [2.75, 3.05) is 0 Å². The molecule has 0 fully saturated rings. The van der Waals surface area contributed by atoms with Gasteiger partial charge in [-0.15, -0.1) is 0 Å². The Morgan fingerprint density at radius 2 is 1.85 bits per heavy atom. The van der Waals surface area contributed by atoms with Gasteiger partial charge in [0.05, 0.1) is 5.39 Å². The van der Waals surface area contributed by atoms with E-state index in [2.05, 4.69) is 55.7 Å². The van der Waals surface area contributed by atoms with Crippen LogP contribution >= 0.6 is 0 Å². The van der Waals surface area contributed by atoms with E-state index in [0.29, 0.717) is 0 Å². The highest BCUT2D eigenvalue weighted by Gasteiger charge is 2.34. The Labute approximate surface area is 120 Å². The predicted octanol–water partition coefficient (Wildman–Crippen LogP) is 4.38. The van der Waals surface area contributed by atoms with Gasteiger partial charge in [-0.3, -0.25) is 0 Å². The Bertz CT molecular complexity index is 744. The van der Waals surface area contributed by atoms with E-state index in [-0.39, 0.29) is 5.41 Å². The molecule has 2 aromatic rings. The summed E-state index contributed by atoms with van der Waals surface area (Å²) >= 11 is 0. The lowest BCUT2D eigenvalue weighted by atomic mass is 9.84. The minimum atomic E-state index is 0.197. The molecule has 1 heteroatoms. The van der Waals surface area contributed by atoms with E-state index in [9.17, 15) is 0 Å². The van der Waals surface area contributed by atoms with Crippen molar-refractivity contribution in [3.63, 3.8) is 0 Å². The molecule has 0 N–H and O–H groups in total. The average molecular weight is 264 g/mol. The standard InChI is InChI=1S/C19H22N/c1-19(2,3)16-8-5-9-17-15(16)10-11-18-14-7-4-6-13(14)12-20(17)18/h5,8-11H,4,6-7,12H2,1-3H3/q+1. The number of hydrogen-bond donors (Lipinski definition) is 0. The van der Waals surface area contributed by atoms with Crippen molar-refractivity contribution in [2.24, 2.45) is 0 Å². The summed E-state index contributed by atoms with van der Waals surface area (Å²) in [6.45, 7) is 8.03. The third-order valence-electron chi connectivity index (χ3n) is 4.87. The van der Waals surface area contributed by atoms with Crippen molar-refractivity contribution in [1.29, 1.82) is 0 Å². The van der Waals surface area contributed by atoms with E-state index in [1.807, 2.05) is 0 Å². The normalized spacial score (nSPS) is 17.8. The Hall–Kier alpha value is -1.63. The summed E-state index contributed by atoms with van der Waals surface area (Å²) < 4.78 is 2.54. The number of fused-ring (bicyclic) bond motifs is 4. The van der Waals surface area contributed by atoms with Gasteiger partial charge >= 0.3 is 0 Å². The van der Waals surface area contributed by atoms with Crippen molar-refractivity contribution in [3.05, 3.63) is 47.2 Å². The van der Waals surface area contributed by atoms with Crippen LogP contribution in [0.4, 0.5) is 0 Å². The highest BCUT2D eigenvalue weighted by atomic mass is 15.0. The topological polar surface area (TPSA) is 3.88 Å². The van der Waals surface area contributed by atoms with E-state index in [4.69, 9.17) is 0 Å². The van der Waals surface area contributed by atoms with Gasteiger partial charge in [0.25, 0.3) is 0 Å². The SMILES string of the molecule is CC(C)(C)c1cccc2c1ccc1[n+]2CC2=C1CCC2. The smallest absolute Gasteiger partial charge is 0.188 e. The highest BCUT2D eigenvalue weighted by Crippen LogP contribution is 2.38. The van der Waals surface area contributed by atoms with Crippen molar-refractivity contribution in [2.45, 2.75) is 52.0 Å². The largest absolute Gasteiger partial charge is 0.213 e. The second kappa shape index (κ2) is 3.94. The average Bonchev–Trinajstić information content (AvgIpc) is 2.96. The molecule has 0 bridgehead atoms. The van der Waals surface area contributed by atoms with Gasteiger partial charge in [0.2, 0.25) is 11.2 Å². The van der Waals surface area contributed by atoms with Gasteiger partial charge in [0.1, 0.15) is 0 Å². The van der Waals surface area contributed by atoms with Crippen molar-refractivity contribution >= 4 is 16.5 Å². The van der Waals surface area contributed by atoms with Crippen molar-refractivity contribution in [1.82, 2.24) is 0 Å². The maximum absolute atomic E-state index is 2.54. The zero-order valence-corrected chi connectivity index (χ0v) is 12.7. The maximum atomic E-state index is 2.54. The van der Waals surface area contributed by atoms with E-state index in [1.165, 1.54) is 41.4 Å². The molecule has 1 aliphatic heterocycles. The van der Waals surface area contributed by atoms with E-state index < -0.39 is 0 Å². The minimum Gasteiger partial charge on any atom is -0.188 e. The fourth-order valence-electron chi connectivity index (χ4n) is 3.91. The molecule has 2 heterocycles. The molecule has 0 saturated carbocycles. The van der Waals surface area contributed by atoms with Crippen LogP contribution in [0.2, 0.25) is 0 Å². The van der Waals surface area contributed by atoms with E-state index in [0.717, 1.165) is 6.54 Å². The van der Waals surface area contributed by atoms with Gasteiger partial charge in [0.15, 0.2) is 6.54 Å². The van der Waals surface area contributed by atoms with Gasteiger partial charge in [-0.25, -0.2) is 0 Å². The molecule has 0 spiro atoms. The Morgan fingerprint density at radius 3 is 2.65 bits per heavy atom. The van der Waals surface area contributed by atoms with Crippen LogP contribution < -0.4 is 4.57 Å². The molecule has 1 aromatic carbocycles. The third kappa shape index (κ3) is 1.59. The molecular weight excluding hydrogens is 242 g/mol. The molecule has 102 valence electrons. The van der Waals surface area contributed by atoms with Gasteiger partial charge in [0, 0.05) is 23.3 Å². The van der Waals surface area contributed by atoms with Crippen LogP contribution in [0.1, 0.15) is 51.3 Å². The molecule has 4 rings (SSSR count). The molecule has 1 nitrogen and oxygen atoms in total. The minimum absolute atomic E-state index is 0.197. The fourth-order valence-corrected chi connectivity index (χ4v) is 3.91. The van der Waals surface area contributed by atoms with Crippen LogP contribution in [-0.4, -0.2) is 0 Å². The molecule has 0 atom stereocenters. The van der Waals surface area contributed by atoms with Crippen LogP contribution in [-0.2, 0) is 12.0 Å². The quantitative estimate of drug-likeness (QED) is 0.622. The number of aromatic nitrogens is 1. The molecule has 2 aliphatic rings. The fraction of sp³-hybridized carbons (Fsp3) is 0.421. The van der Waals surface area contributed by atoms with E-state index >= 15 is 0 Å². The predicted molar refractivity (Wildman–Crippen MR) is 83.6 cm³/mol. The lowest BCUT2D eigenvalue weighted by molar-refractivity contribution is -0.660. The maximum Gasteiger partial charge on any atom is 0.213 e. The van der Waals surface area contributed by atoms with Gasteiger partial charge in [-0.05, 0) is 36.3 Å². The van der Waals surface area contributed by atoms with Crippen molar-refractivity contribution < 1.29 is 4.57 Å². The van der Waals surface area contributed by atoms with Crippen molar-refractivity contribution in [3.8, 4) is 0 Å². The Morgan fingerprint density at radius 1 is 1.00 bits per heavy atom. The molecule has 20 heavy (non-hydrogen) atoms. The van der Waals surface area contributed by atoms with Crippen LogP contribution in [0.3, 0.4) is 0 Å². The summed E-state index contributed by atoms with van der Waals surface area (Å²) in [5.41, 5.74) is 7.84. The first-order valence-electron chi connectivity index (χ1n) is 7.73. The van der Waals surface area contributed by atoms with Crippen LogP contribution in [0.15, 0.2) is 35.9 Å². The van der Waals surface area contributed by atoms with Crippen LogP contribution in [0, 0.1) is 0 Å². The molecule has 0 saturated heterocycles. The van der Waals surface area contributed by atoms with Crippen LogP contribution in [0.5, 0.6) is 0 Å². The molecule has 0 radical (unpaired) electrons. The lowest BCUT2D eigenvalue weighted by Crippen LogP contribution is -2.36. The molecule has 1 aliphatic carbocycles. The molecule has 0 unspecified atom stereocenters. The zero-order valence-electron chi connectivity index (χ0n) is 12.7. The second-order valence-electron chi connectivity index (χ2n) is 7.23. The van der Waals surface area contributed by atoms with Crippen LogP contribution in [0.25, 0.3) is 16.5 Å². The number of rotatable bonds is 0. The molecular formula is C19H22N+. The van der Waals surface area contributed by atoms with Gasteiger partial charge in [-0.2, -0.15) is 4.57 Å². The monoisotopic (exact) mass is 264 g/mol. The number of pyridine rings is 1. The molecule has 1 aromatic heterocycles. The summed E-state index contributed by atoms with van der Waals surface area (Å²) in [7, 11) is 0. The number of hydrogen-bond acceptors (Lipinski definition) is 0. The summed E-state index contributed by atoms with van der Waals surface area (Å²) in [5.74, 6) is 0. The summed E-state index contributed by atoms with van der Waals surface area (Å²) in [5, 5.41) is 1.42. The summed E-state index contributed by atoms with van der Waals surface area (Å²) in [4.78, 5) is 0. The first-order chi connectivity index (χ1) is 9.55. The number of nitrogens with zero attached hydrogens (tertiary/aromatic N) is 1. The summed E-state index contributed by atoms with van der Waals surface area (Å²) in [6.07, 6.45) is 3.93. The van der Waals surface area contributed by atoms with E-state index in [1.54, 1.807) is 11.1 Å². The first kappa shape index (κ1) is 12.1. The lowest BCUT2D eigenvalue weighted by Gasteiger charge is -2.20. The Balaban J connectivity index is 1.98. The highest BCUT2D eigenvalue weighted by molar-refractivity contribution is 5.83. The van der Waals surface area contributed by atoms with Gasteiger partial charge in [-0.1, -0.05) is 32.9 Å². The number of allylic oxidation sites excluding steroid dienone is 2. The summed E-state index contributed by atoms with van der Waals surface area (Å²) in [6, 6.07) is 11.5. The molecule has 0 amide bonds. The third-order valence-corrected chi connectivity index (χ3v) is 4.87. The van der Waals surface area contributed by atoms with Gasteiger partial charge < -0.3 is 0 Å². The second-order valence-corrected chi connectivity index (χ2v) is 7.23. The zero-order chi connectivity index (χ0) is 13.9. The number of benzene rings is 1.